The Morgan fingerprint density at radius 2 is 1.88 bits per heavy atom. The third-order valence-corrected chi connectivity index (χ3v) is 10.4. The fourth-order valence-electron chi connectivity index (χ4n) is 5.13. The summed E-state index contributed by atoms with van der Waals surface area (Å²) < 4.78 is 39.5. The monoisotopic (exact) mass is 615 g/mol. The van der Waals surface area contributed by atoms with Crippen molar-refractivity contribution in [1.82, 2.24) is 19.0 Å². The Labute approximate surface area is 248 Å². The number of hydrogen-bond donors (Lipinski definition) is 1. The molecule has 0 atom stereocenters. The van der Waals surface area contributed by atoms with E-state index >= 15 is 0 Å². The van der Waals surface area contributed by atoms with Crippen LogP contribution in [0.3, 0.4) is 0 Å². The van der Waals surface area contributed by atoms with E-state index in [9.17, 15) is 22.8 Å². The zero-order valence-corrected chi connectivity index (χ0v) is 25.7. The van der Waals surface area contributed by atoms with E-state index in [4.69, 9.17) is 9.47 Å². The van der Waals surface area contributed by atoms with E-state index in [2.05, 4.69) is 10.4 Å². The molecule has 2 aliphatic rings. The van der Waals surface area contributed by atoms with Crippen molar-refractivity contribution in [3.8, 4) is 0 Å². The molecule has 1 aromatic carbocycles. The molecule has 0 bridgehead atoms. The molecule has 14 heteroatoms. The average Bonchev–Trinajstić information content (AvgIpc) is 3.60. The number of thiophene rings is 1. The van der Waals surface area contributed by atoms with Crippen molar-refractivity contribution in [3.05, 3.63) is 63.3 Å². The van der Waals surface area contributed by atoms with Gasteiger partial charge in [0.1, 0.15) is 11.7 Å². The number of fused-ring (bicyclic) bond motifs is 1. The minimum absolute atomic E-state index is 0.0414. The average molecular weight is 616 g/mol. The van der Waals surface area contributed by atoms with E-state index in [0.717, 1.165) is 10.4 Å². The van der Waals surface area contributed by atoms with Crippen LogP contribution in [0.4, 0.5) is 9.80 Å². The number of nitrogens with zero attached hydrogens (tertiary/aromatic N) is 4. The number of amides is 2. The maximum atomic E-state index is 13.8. The number of sulfonamides is 1. The fraction of sp³-hybridized carbons (Fsp3) is 0.429. The van der Waals surface area contributed by atoms with Gasteiger partial charge in [-0.1, -0.05) is 0 Å². The molecule has 1 N–H and O–H groups in total. The molecule has 3 aromatic rings. The first-order valence-electron chi connectivity index (χ1n) is 13.5. The van der Waals surface area contributed by atoms with Gasteiger partial charge < -0.3 is 19.7 Å². The zero-order chi connectivity index (χ0) is 30.4. The van der Waals surface area contributed by atoms with Crippen LogP contribution in [0, 0.1) is 13.8 Å². The van der Waals surface area contributed by atoms with Crippen molar-refractivity contribution in [3.63, 3.8) is 0 Å². The molecule has 4 heterocycles. The lowest BCUT2D eigenvalue weighted by atomic mass is 10.0. The van der Waals surface area contributed by atoms with Crippen LogP contribution in [-0.2, 0) is 32.5 Å². The van der Waals surface area contributed by atoms with Gasteiger partial charge in [-0.15, -0.1) is 11.3 Å². The quantitative estimate of drug-likeness (QED) is 0.442. The molecule has 1 fully saturated rings. The standard InChI is InChI=1S/C28H33N5O7S2/c1-6-40-27(36)31-12-11-21-22(14-31)41-25(23(21)26(35)33-18(3)13-17(2)30-33)29-24(34)19-7-9-20(10-8-19)42(37,38)32-16-39-15-28(32,4)5/h7-10,13H,6,11-12,14-16H2,1-5H3,(H,29,34). The Morgan fingerprint density at radius 3 is 2.48 bits per heavy atom. The fourth-order valence-corrected chi connectivity index (χ4v) is 8.03. The van der Waals surface area contributed by atoms with Crippen molar-refractivity contribution in [2.24, 2.45) is 0 Å². The van der Waals surface area contributed by atoms with Gasteiger partial charge in [0.15, 0.2) is 0 Å². The van der Waals surface area contributed by atoms with Crippen LogP contribution < -0.4 is 5.32 Å². The smallest absolute Gasteiger partial charge is 0.410 e. The number of hydrogen-bond acceptors (Lipinski definition) is 9. The number of benzene rings is 1. The number of rotatable bonds is 6. The third-order valence-electron chi connectivity index (χ3n) is 7.27. The summed E-state index contributed by atoms with van der Waals surface area (Å²) in [6.45, 7) is 9.99. The Kier molecular flexibility index (Phi) is 8.00. The molecule has 1 saturated heterocycles. The predicted octanol–water partition coefficient (Wildman–Crippen LogP) is 3.77. The van der Waals surface area contributed by atoms with Crippen LogP contribution in [0.5, 0.6) is 0 Å². The van der Waals surface area contributed by atoms with Gasteiger partial charge in [0.25, 0.3) is 11.8 Å². The number of carbonyl (C=O) groups excluding carboxylic acids is 3. The highest BCUT2D eigenvalue weighted by Gasteiger charge is 2.42. The Morgan fingerprint density at radius 1 is 1.17 bits per heavy atom. The van der Waals surface area contributed by atoms with Gasteiger partial charge in [0.05, 0.1) is 41.5 Å². The molecule has 0 spiro atoms. The molecule has 224 valence electrons. The van der Waals surface area contributed by atoms with Crippen molar-refractivity contribution in [2.45, 2.75) is 58.0 Å². The summed E-state index contributed by atoms with van der Waals surface area (Å²) in [5.41, 5.74) is 1.95. The predicted molar refractivity (Wildman–Crippen MR) is 155 cm³/mol. The summed E-state index contributed by atoms with van der Waals surface area (Å²) in [5.74, 6) is -0.887. The van der Waals surface area contributed by atoms with E-state index < -0.39 is 27.6 Å². The molecular weight excluding hydrogens is 582 g/mol. The lowest BCUT2D eigenvalue weighted by Crippen LogP contribution is -2.44. The zero-order valence-electron chi connectivity index (χ0n) is 24.1. The van der Waals surface area contributed by atoms with Crippen LogP contribution in [0.1, 0.15) is 63.3 Å². The summed E-state index contributed by atoms with van der Waals surface area (Å²) in [7, 11) is -3.84. The van der Waals surface area contributed by atoms with Crippen LogP contribution in [0.25, 0.3) is 0 Å². The minimum atomic E-state index is -3.84. The topological polar surface area (TPSA) is 140 Å². The number of nitrogens with one attached hydrogen (secondary N) is 1. The van der Waals surface area contributed by atoms with Crippen LogP contribution in [0.2, 0.25) is 0 Å². The first-order valence-corrected chi connectivity index (χ1v) is 15.8. The largest absolute Gasteiger partial charge is 0.450 e. The normalized spacial score (nSPS) is 16.7. The summed E-state index contributed by atoms with van der Waals surface area (Å²) in [5, 5.41) is 7.54. The van der Waals surface area contributed by atoms with Crippen molar-refractivity contribution >= 4 is 44.3 Å². The summed E-state index contributed by atoms with van der Waals surface area (Å²) in [4.78, 5) is 41.9. The number of ether oxygens (including phenoxy) is 2. The molecule has 0 saturated carbocycles. The van der Waals surface area contributed by atoms with Gasteiger partial charge in [0, 0.05) is 22.7 Å². The molecule has 12 nitrogen and oxygen atoms in total. The van der Waals surface area contributed by atoms with Crippen molar-refractivity contribution < 1.29 is 32.3 Å². The Balaban J connectivity index is 1.44. The molecule has 0 unspecified atom stereocenters. The highest BCUT2D eigenvalue weighted by molar-refractivity contribution is 7.89. The maximum absolute atomic E-state index is 13.8. The highest BCUT2D eigenvalue weighted by atomic mass is 32.2. The van der Waals surface area contributed by atoms with Gasteiger partial charge in [-0.25, -0.2) is 17.9 Å². The van der Waals surface area contributed by atoms with Crippen molar-refractivity contribution in [2.75, 3.05) is 31.8 Å². The highest BCUT2D eigenvalue weighted by Crippen LogP contribution is 2.38. The van der Waals surface area contributed by atoms with E-state index in [0.29, 0.717) is 34.9 Å². The SMILES string of the molecule is CCOC(=O)N1CCc2c(sc(NC(=O)c3ccc(S(=O)(=O)N4COCC4(C)C)cc3)c2C(=O)n2nc(C)cc2C)C1. The molecule has 0 radical (unpaired) electrons. The van der Waals surface area contributed by atoms with E-state index in [1.165, 1.54) is 44.6 Å². The van der Waals surface area contributed by atoms with Crippen LogP contribution >= 0.6 is 11.3 Å². The summed E-state index contributed by atoms with van der Waals surface area (Å²) in [6, 6.07) is 7.44. The molecule has 2 aromatic heterocycles. The van der Waals surface area contributed by atoms with Gasteiger partial charge in [-0.2, -0.15) is 9.40 Å². The van der Waals surface area contributed by atoms with Gasteiger partial charge >= 0.3 is 6.09 Å². The minimum Gasteiger partial charge on any atom is -0.450 e. The summed E-state index contributed by atoms with van der Waals surface area (Å²) in [6.07, 6.45) is -0.0308. The second kappa shape index (κ2) is 11.2. The molecule has 2 amide bonds. The van der Waals surface area contributed by atoms with Crippen molar-refractivity contribution in [1.29, 1.82) is 0 Å². The summed E-state index contributed by atoms with van der Waals surface area (Å²) >= 11 is 1.22. The van der Waals surface area contributed by atoms with Gasteiger partial charge in [0.2, 0.25) is 10.0 Å². The first-order chi connectivity index (χ1) is 19.8. The second-order valence-corrected chi connectivity index (χ2v) is 13.8. The van der Waals surface area contributed by atoms with E-state index in [-0.39, 0.29) is 42.9 Å². The lowest BCUT2D eigenvalue weighted by molar-refractivity contribution is 0.0941. The van der Waals surface area contributed by atoms with Crippen LogP contribution in [0.15, 0.2) is 35.2 Å². The number of aryl methyl sites for hydroxylation is 2. The second-order valence-electron chi connectivity index (χ2n) is 10.8. The number of anilines is 1. The van der Waals surface area contributed by atoms with E-state index in [1.54, 1.807) is 45.6 Å². The van der Waals surface area contributed by atoms with Gasteiger partial charge in [-0.3, -0.25) is 9.59 Å². The molecular formula is C28H33N5O7S2. The lowest BCUT2D eigenvalue weighted by Gasteiger charge is -2.28. The maximum Gasteiger partial charge on any atom is 0.410 e. The third kappa shape index (κ3) is 5.46. The Hall–Kier alpha value is -3.59. The number of aromatic nitrogens is 2. The molecule has 0 aliphatic carbocycles. The van der Waals surface area contributed by atoms with Crippen LogP contribution in [-0.4, -0.2) is 77.3 Å². The number of carbonyl (C=O) groups is 3. The first kappa shape index (κ1) is 29.9. The molecule has 42 heavy (non-hydrogen) atoms. The molecule has 5 rings (SSSR count). The Bertz CT molecular complexity index is 1660. The van der Waals surface area contributed by atoms with Gasteiger partial charge in [-0.05, 0) is 76.9 Å². The molecule has 2 aliphatic heterocycles. The van der Waals surface area contributed by atoms with E-state index in [1.807, 2.05) is 0 Å².